The van der Waals surface area contributed by atoms with Gasteiger partial charge in [0.25, 0.3) is 5.56 Å². The van der Waals surface area contributed by atoms with E-state index in [1.54, 1.807) is 11.7 Å². The Morgan fingerprint density at radius 3 is 2.53 bits per heavy atom. The highest BCUT2D eigenvalue weighted by molar-refractivity contribution is 5.86. The van der Waals surface area contributed by atoms with Crippen molar-refractivity contribution in [3.8, 4) is 17.3 Å². The van der Waals surface area contributed by atoms with Gasteiger partial charge in [0.05, 0.1) is 29.6 Å². The zero-order valence-electron chi connectivity index (χ0n) is 16.2. The van der Waals surface area contributed by atoms with Crippen LogP contribution in [0.15, 0.2) is 83.7 Å². The van der Waals surface area contributed by atoms with Crippen LogP contribution in [0.2, 0.25) is 0 Å². The molecule has 0 saturated heterocycles. The van der Waals surface area contributed by atoms with Gasteiger partial charge in [0.1, 0.15) is 11.4 Å². The summed E-state index contributed by atoms with van der Waals surface area (Å²) in [5, 5.41) is 1.64. The second-order valence-corrected chi connectivity index (χ2v) is 7.43. The second kappa shape index (κ2) is 6.26. The van der Waals surface area contributed by atoms with Crippen molar-refractivity contribution in [3.05, 3.63) is 100 Å². The predicted molar refractivity (Wildman–Crippen MR) is 117 cm³/mol. The van der Waals surface area contributed by atoms with Gasteiger partial charge in [-0.05, 0) is 42.0 Å². The van der Waals surface area contributed by atoms with Crippen LogP contribution in [-0.2, 0) is 0 Å². The third-order valence-electron chi connectivity index (χ3n) is 5.74. The second-order valence-electron chi connectivity index (χ2n) is 7.43. The molecule has 3 aromatic carbocycles. The number of nitrogens with zero attached hydrogens (tertiary/aromatic N) is 3. The molecule has 5 aromatic rings. The summed E-state index contributed by atoms with van der Waals surface area (Å²) < 4.78 is 7.21. The van der Waals surface area contributed by atoms with Crippen molar-refractivity contribution in [1.82, 2.24) is 14.5 Å². The predicted octanol–water partition coefficient (Wildman–Crippen LogP) is 4.57. The highest BCUT2D eigenvalue weighted by Crippen LogP contribution is 2.42. The Bertz CT molecular complexity index is 1520. The molecule has 0 N–H and O–H groups in total. The van der Waals surface area contributed by atoms with Gasteiger partial charge in [-0.3, -0.25) is 9.36 Å². The van der Waals surface area contributed by atoms with Crippen molar-refractivity contribution >= 4 is 21.8 Å². The van der Waals surface area contributed by atoms with E-state index in [4.69, 9.17) is 14.7 Å². The summed E-state index contributed by atoms with van der Waals surface area (Å²) >= 11 is 0. The van der Waals surface area contributed by atoms with Gasteiger partial charge in [-0.2, -0.15) is 0 Å². The first-order chi connectivity index (χ1) is 14.7. The number of para-hydroxylation sites is 2. The molecule has 6 rings (SSSR count). The van der Waals surface area contributed by atoms with Gasteiger partial charge in [0.15, 0.2) is 5.82 Å². The standard InChI is InChI=1S/C25H17N3O2/c1-30-17-9-6-8-16(13-17)23-19-14-15-7-2-4-11-20(15)26-22(19)24-27-21-12-5-3-10-18(21)25(29)28(23)24/h2-14,23H,1H3. The number of pyridine rings is 1. The van der Waals surface area contributed by atoms with Crippen molar-refractivity contribution in [2.45, 2.75) is 6.04 Å². The topological polar surface area (TPSA) is 57.0 Å². The molecule has 1 aliphatic heterocycles. The minimum absolute atomic E-state index is 0.0644. The van der Waals surface area contributed by atoms with Crippen LogP contribution in [0.5, 0.6) is 5.75 Å². The van der Waals surface area contributed by atoms with E-state index in [9.17, 15) is 4.79 Å². The lowest BCUT2D eigenvalue weighted by Gasteiger charge is -2.17. The summed E-state index contributed by atoms with van der Waals surface area (Å²) in [7, 11) is 1.64. The number of hydrogen-bond acceptors (Lipinski definition) is 4. The molecule has 30 heavy (non-hydrogen) atoms. The van der Waals surface area contributed by atoms with Crippen LogP contribution < -0.4 is 10.3 Å². The molecule has 2 aromatic heterocycles. The molecule has 0 radical (unpaired) electrons. The Kier molecular flexibility index (Phi) is 3.53. The maximum atomic E-state index is 13.6. The van der Waals surface area contributed by atoms with E-state index in [-0.39, 0.29) is 11.6 Å². The molecule has 0 amide bonds. The molecule has 0 fully saturated rings. The normalized spacial score (nSPS) is 14.6. The van der Waals surface area contributed by atoms with Crippen molar-refractivity contribution in [2.75, 3.05) is 7.11 Å². The van der Waals surface area contributed by atoms with Crippen LogP contribution in [0.25, 0.3) is 33.3 Å². The van der Waals surface area contributed by atoms with Gasteiger partial charge >= 0.3 is 0 Å². The van der Waals surface area contributed by atoms with Gasteiger partial charge in [-0.15, -0.1) is 0 Å². The third-order valence-corrected chi connectivity index (χ3v) is 5.74. The van der Waals surface area contributed by atoms with Crippen LogP contribution in [0.1, 0.15) is 17.2 Å². The number of fused-ring (bicyclic) bond motifs is 5. The van der Waals surface area contributed by atoms with Gasteiger partial charge < -0.3 is 4.74 Å². The monoisotopic (exact) mass is 391 g/mol. The largest absolute Gasteiger partial charge is 0.497 e. The van der Waals surface area contributed by atoms with Crippen molar-refractivity contribution in [2.24, 2.45) is 0 Å². The SMILES string of the molecule is COc1cccc(C2c3cc4ccccc4nc3-c3nc4ccccc4c(=O)n32)c1. The number of benzene rings is 3. The van der Waals surface area contributed by atoms with Gasteiger partial charge in [0.2, 0.25) is 0 Å². The van der Waals surface area contributed by atoms with E-state index >= 15 is 0 Å². The van der Waals surface area contributed by atoms with E-state index in [0.717, 1.165) is 33.5 Å². The van der Waals surface area contributed by atoms with E-state index in [0.29, 0.717) is 16.7 Å². The van der Waals surface area contributed by atoms with Crippen molar-refractivity contribution < 1.29 is 4.74 Å². The zero-order valence-corrected chi connectivity index (χ0v) is 16.2. The smallest absolute Gasteiger partial charge is 0.262 e. The van der Waals surface area contributed by atoms with E-state index in [1.165, 1.54) is 0 Å². The van der Waals surface area contributed by atoms with Crippen LogP contribution >= 0.6 is 0 Å². The molecule has 0 saturated carbocycles. The van der Waals surface area contributed by atoms with Crippen LogP contribution in [0.3, 0.4) is 0 Å². The molecule has 1 unspecified atom stereocenters. The quantitative estimate of drug-likeness (QED) is 0.434. The number of aromatic nitrogens is 3. The molecule has 0 aliphatic carbocycles. The molecule has 144 valence electrons. The molecular formula is C25H17N3O2. The molecule has 0 bridgehead atoms. The Morgan fingerprint density at radius 2 is 1.67 bits per heavy atom. The maximum absolute atomic E-state index is 13.6. The average Bonchev–Trinajstić information content (AvgIpc) is 3.11. The number of ether oxygens (including phenoxy) is 1. The summed E-state index contributed by atoms with van der Waals surface area (Å²) in [5.74, 6) is 1.35. The van der Waals surface area contributed by atoms with E-state index in [1.807, 2.05) is 72.8 Å². The lowest BCUT2D eigenvalue weighted by Crippen LogP contribution is -2.25. The Balaban J connectivity index is 1.75. The maximum Gasteiger partial charge on any atom is 0.262 e. The summed E-state index contributed by atoms with van der Waals surface area (Å²) in [5.41, 5.74) is 4.19. The zero-order chi connectivity index (χ0) is 20.2. The average molecular weight is 391 g/mol. The van der Waals surface area contributed by atoms with Gasteiger partial charge in [-0.1, -0.05) is 42.5 Å². The fraction of sp³-hybridized carbons (Fsp3) is 0.0800. The fourth-order valence-corrected chi connectivity index (χ4v) is 4.35. The fourth-order valence-electron chi connectivity index (χ4n) is 4.35. The van der Waals surface area contributed by atoms with Crippen LogP contribution in [-0.4, -0.2) is 21.6 Å². The number of methoxy groups -OCH3 is 1. The van der Waals surface area contributed by atoms with Crippen LogP contribution in [0, 0.1) is 0 Å². The molecule has 5 heteroatoms. The molecule has 3 heterocycles. The van der Waals surface area contributed by atoms with Gasteiger partial charge in [0, 0.05) is 10.9 Å². The first kappa shape index (κ1) is 16.9. The molecule has 0 spiro atoms. The molecule has 1 atom stereocenters. The highest BCUT2D eigenvalue weighted by atomic mass is 16.5. The summed E-state index contributed by atoms with van der Waals surface area (Å²) in [6, 6.07) is 25.1. The Morgan fingerprint density at radius 1 is 0.867 bits per heavy atom. The minimum Gasteiger partial charge on any atom is -0.497 e. The molecular weight excluding hydrogens is 374 g/mol. The highest BCUT2D eigenvalue weighted by Gasteiger charge is 2.34. The van der Waals surface area contributed by atoms with Crippen molar-refractivity contribution in [1.29, 1.82) is 0 Å². The lowest BCUT2D eigenvalue weighted by atomic mass is 9.98. The molecule has 1 aliphatic rings. The summed E-state index contributed by atoms with van der Waals surface area (Å²) in [4.78, 5) is 23.3. The number of hydrogen-bond donors (Lipinski definition) is 0. The lowest BCUT2D eigenvalue weighted by molar-refractivity contribution is 0.414. The van der Waals surface area contributed by atoms with E-state index in [2.05, 4.69) is 6.07 Å². The van der Waals surface area contributed by atoms with Crippen molar-refractivity contribution in [3.63, 3.8) is 0 Å². The van der Waals surface area contributed by atoms with Crippen LogP contribution in [0.4, 0.5) is 0 Å². The third kappa shape index (κ3) is 2.32. The Hall–Kier alpha value is -3.99. The molecule has 5 nitrogen and oxygen atoms in total. The van der Waals surface area contributed by atoms with Gasteiger partial charge in [-0.25, -0.2) is 9.97 Å². The summed E-state index contributed by atoms with van der Waals surface area (Å²) in [6.45, 7) is 0. The first-order valence-electron chi connectivity index (χ1n) is 9.80. The Labute approximate surface area is 172 Å². The minimum atomic E-state index is -0.313. The first-order valence-corrected chi connectivity index (χ1v) is 9.80. The number of rotatable bonds is 2. The summed E-state index contributed by atoms with van der Waals surface area (Å²) in [6.07, 6.45) is 0. The van der Waals surface area contributed by atoms with E-state index < -0.39 is 0 Å².